The first kappa shape index (κ1) is 23.0. The van der Waals surface area contributed by atoms with Crippen LogP contribution in [-0.4, -0.2) is 25.0 Å². The quantitative estimate of drug-likeness (QED) is 0.462. The van der Waals surface area contributed by atoms with Crippen LogP contribution in [0.3, 0.4) is 0 Å². The van der Waals surface area contributed by atoms with Gasteiger partial charge in [0.25, 0.3) is 0 Å². The number of amides is 1. The second-order valence-electron chi connectivity index (χ2n) is 7.09. The molecule has 0 N–H and O–H groups in total. The lowest BCUT2D eigenvalue weighted by molar-refractivity contribution is -0.137. The highest BCUT2D eigenvalue weighted by Gasteiger charge is 2.23. The van der Waals surface area contributed by atoms with Gasteiger partial charge in [0.15, 0.2) is 0 Å². The van der Waals surface area contributed by atoms with Crippen molar-refractivity contribution in [3.8, 4) is 5.75 Å². The topological polar surface area (TPSA) is 76.8 Å². The van der Waals surface area contributed by atoms with E-state index >= 15 is 0 Å². The molecule has 0 radical (unpaired) electrons. The summed E-state index contributed by atoms with van der Waals surface area (Å²) in [6, 6.07) is 10.5. The Kier molecular flexibility index (Phi) is 8.76. The summed E-state index contributed by atoms with van der Waals surface area (Å²) < 4.78 is 33.7. The second-order valence-corrected chi connectivity index (χ2v) is 8.95. The Labute approximate surface area is 174 Å². The number of hydrogen-bond acceptors (Lipinski definition) is 5. The van der Waals surface area contributed by atoms with Crippen LogP contribution in [0.5, 0.6) is 5.75 Å². The zero-order chi connectivity index (χ0) is 21.3. The van der Waals surface area contributed by atoms with Gasteiger partial charge in [0.1, 0.15) is 11.5 Å². The van der Waals surface area contributed by atoms with Crippen molar-refractivity contribution >= 4 is 16.0 Å². The molecule has 0 aliphatic carbocycles. The molecule has 6 nitrogen and oxygen atoms in total. The summed E-state index contributed by atoms with van der Waals surface area (Å²) >= 11 is 0. The van der Waals surface area contributed by atoms with Crippen molar-refractivity contribution in [1.29, 1.82) is 0 Å². The number of rotatable bonds is 12. The number of carbonyl (C=O) groups excluding carboxylic acids is 1. The highest BCUT2D eigenvalue weighted by molar-refractivity contribution is 7.87. The summed E-state index contributed by atoms with van der Waals surface area (Å²) in [4.78, 5) is 15.0. The van der Waals surface area contributed by atoms with Crippen LogP contribution in [0.25, 0.3) is 0 Å². The molecule has 0 unspecified atom stereocenters. The lowest BCUT2D eigenvalue weighted by Crippen LogP contribution is -2.35. The summed E-state index contributed by atoms with van der Waals surface area (Å²) in [6.07, 6.45) is 5.37. The molecule has 2 aromatic rings. The van der Waals surface area contributed by atoms with Gasteiger partial charge in [-0.25, -0.2) is 0 Å². The smallest absolute Gasteiger partial charge is 0.308 e. The van der Waals surface area contributed by atoms with Gasteiger partial charge >= 0.3 is 10.1 Å². The van der Waals surface area contributed by atoms with Crippen LogP contribution in [0.1, 0.15) is 57.8 Å². The molecule has 0 saturated heterocycles. The molecule has 1 aromatic heterocycles. The van der Waals surface area contributed by atoms with Crippen LogP contribution in [0, 0.1) is 5.92 Å². The van der Waals surface area contributed by atoms with E-state index in [4.69, 9.17) is 8.60 Å². The van der Waals surface area contributed by atoms with Gasteiger partial charge < -0.3 is 13.5 Å². The average molecular weight is 422 g/mol. The van der Waals surface area contributed by atoms with Crippen LogP contribution in [0.15, 0.2) is 47.1 Å². The predicted octanol–water partition coefficient (Wildman–Crippen LogP) is 4.75. The van der Waals surface area contributed by atoms with E-state index in [1.165, 1.54) is 6.92 Å². The van der Waals surface area contributed by atoms with E-state index in [9.17, 15) is 13.2 Å². The number of unbranched alkanes of at least 4 members (excludes halogenated alkanes) is 1. The van der Waals surface area contributed by atoms with Crippen molar-refractivity contribution in [3.63, 3.8) is 0 Å². The zero-order valence-electron chi connectivity index (χ0n) is 17.5. The Balaban J connectivity index is 2.15. The summed E-state index contributed by atoms with van der Waals surface area (Å²) in [5.41, 5.74) is 0.900. The normalized spacial score (nSPS) is 12.5. The largest absolute Gasteiger partial charge is 0.467 e. The van der Waals surface area contributed by atoms with Crippen molar-refractivity contribution < 1.29 is 21.8 Å². The molecule has 0 saturated carbocycles. The summed E-state index contributed by atoms with van der Waals surface area (Å²) in [6.45, 7) is 6.52. The molecular formula is C22H31NO5S. The van der Waals surface area contributed by atoms with E-state index in [-0.39, 0.29) is 23.3 Å². The van der Waals surface area contributed by atoms with Crippen LogP contribution in [-0.2, 0) is 28.0 Å². The Morgan fingerprint density at radius 2 is 1.83 bits per heavy atom. The highest BCUT2D eigenvalue weighted by atomic mass is 32.2. The van der Waals surface area contributed by atoms with Crippen molar-refractivity contribution in [2.45, 2.75) is 59.5 Å². The first-order valence-electron chi connectivity index (χ1n) is 10.2. The fourth-order valence-electron chi connectivity index (χ4n) is 3.09. The van der Waals surface area contributed by atoms with E-state index in [0.29, 0.717) is 13.1 Å². The van der Waals surface area contributed by atoms with Crippen molar-refractivity contribution in [2.75, 3.05) is 5.75 Å². The standard InChI is InChI=1S/C22H31NO5S/c1-4-7-9-19(5-2)22(24)23(17-21-10-8-15-27-21)16-18-11-13-20(14-12-18)28-29(25,26)6-3/h8,10-15,19H,4-7,9,16-17H2,1-3H3/t19-/m0/s1. The first-order valence-corrected chi connectivity index (χ1v) is 11.8. The minimum absolute atomic E-state index is 0.0118. The molecule has 1 amide bonds. The first-order chi connectivity index (χ1) is 13.9. The maximum atomic E-state index is 13.2. The van der Waals surface area contributed by atoms with Gasteiger partial charge in [-0.05, 0) is 49.6 Å². The maximum Gasteiger partial charge on any atom is 0.308 e. The van der Waals surface area contributed by atoms with Crippen LogP contribution >= 0.6 is 0 Å². The van der Waals surface area contributed by atoms with Gasteiger partial charge in [0, 0.05) is 12.5 Å². The van der Waals surface area contributed by atoms with E-state index in [1.807, 2.05) is 19.1 Å². The maximum absolute atomic E-state index is 13.2. The number of hydrogen-bond donors (Lipinski definition) is 0. The fraction of sp³-hybridized carbons (Fsp3) is 0.500. The average Bonchev–Trinajstić information content (AvgIpc) is 3.22. The zero-order valence-corrected chi connectivity index (χ0v) is 18.3. The van der Waals surface area contributed by atoms with Crippen molar-refractivity contribution in [2.24, 2.45) is 5.92 Å². The predicted molar refractivity (Wildman–Crippen MR) is 113 cm³/mol. The molecule has 0 aliphatic rings. The van der Waals surface area contributed by atoms with Crippen molar-refractivity contribution in [3.05, 3.63) is 54.0 Å². The van der Waals surface area contributed by atoms with Gasteiger partial charge in [0.2, 0.25) is 5.91 Å². The van der Waals surface area contributed by atoms with Gasteiger partial charge in [-0.2, -0.15) is 8.42 Å². The molecule has 1 atom stereocenters. The Morgan fingerprint density at radius 1 is 1.10 bits per heavy atom. The van der Waals surface area contributed by atoms with Crippen LogP contribution < -0.4 is 4.18 Å². The summed E-state index contributed by atoms with van der Waals surface area (Å²) in [7, 11) is -3.56. The molecule has 1 aromatic carbocycles. The molecule has 29 heavy (non-hydrogen) atoms. The van der Waals surface area contributed by atoms with E-state index < -0.39 is 10.1 Å². The molecule has 2 rings (SSSR count). The molecule has 7 heteroatoms. The van der Waals surface area contributed by atoms with E-state index in [0.717, 1.165) is 37.0 Å². The number of carbonyl (C=O) groups is 1. The molecule has 1 heterocycles. The lowest BCUT2D eigenvalue weighted by Gasteiger charge is -2.26. The number of nitrogens with zero attached hydrogens (tertiary/aromatic N) is 1. The van der Waals surface area contributed by atoms with Gasteiger partial charge in [-0.3, -0.25) is 4.79 Å². The second kappa shape index (κ2) is 11.0. The van der Waals surface area contributed by atoms with E-state index in [2.05, 4.69) is 6.92 Å². The third kappa shape index (κ3) is 7.24. The number of benzene rings is 1. The Morgan fingerprint density at radius 3 is 2.38 bits per heavy atom. The fourth-order valence-corrected chi connectivity index (χ4v) is 3.61. The minimum Gasteiger partial charge on any atom is -0.467 e. The summed E-state index contributed by atoms with van der Waals surface area (Å²) in [5.74, 6) is 1.02. The van der Waals surface area contributed by atoms with Crippen LogP contribution in [0.4, 0.5) is 0 Å². The molecule has 160 valence electrons. The Bertz CT molecular complexity index is 844. The minimum atomic E-state index is -3.56. The lowest BCUT2D eigenvalue weighted by atomic mass is 9.97. The van der Waals surface area contributed by atoms with E-state index in [1.54, 1.807) is 35.4 Å². The molecule has 0 bridgehead atoms. The third-order valence-electron chi connectivity index (χ3n) is 4.86. The molecular weight excluding hydrogens is 390 g/mol. The SMILES string of the molecule is CCCC[C@H](CC)C(=O)N(Cc1ccc(OS(=O)(=O)CC)cc1)Cc1ccco1. The highest BCUT2D eigenvalue weighted by Crippen LogP contribution is 2.21. The van der Waals surface area contributed by atoms with Gasteiger partial charge in [-0.15, -0.1) is 0 Å². The van der Waals surface area contributed by atoms with Gasteiger partial charge in [-0.1, -0.05) is 38.8 Å². The third-order valence-corrected chi connectivity index (χ3v) is 6.01. The Hall–Kier alpha value is -2.28. The van der Waals surface area contributed by atoms with Crippen molar-refractivity contribution in [1.82, 2.24) is 4.90 Å². The van der Waals surface area contributed by atoms with Gasteiger partial charge in [0.05, 0.1) is 18.6 Å². The summed E-state index contributed by atoms with van der Waals surface area (Å²) in [5, 5.41) is 0. The van der Waals surface area contributed by atoms with Crippen LogP contribution in [0.2, 0.25) is 0 Å². The molecule has 0 fully saturated rings. The molecule has 0 spiro atoms. The monoisotopic (exact) mass is 421 g/mol. The number of furan rings is 1. The molecule has 0 aliphatic heterocycles.